The first-order valence-corrected chi connectivity index (χ1v) is 13.4. The Morgan fingerprint density at radius 1 is 1.05 bits per heavy atom. The fraction of sp³-hybridized carbons (Fsp3) is 0.179. The standard InChI is InChI=1S/C28H23F3N6O3S/c1-17(2)22-5-3-4-6-23(22)37-24(38)15-41-27(37)34-26(39)33-19-9-7-18(8-10-19)25-32-16-36(35-25)20-11-13-21(14-12-20)40-28(29,30)31/h3-14,16-17H,15H2,1-2H3,(H,33,39)/b34-27-. The maximum atomic E-state index is 12.7. The van der Waals surface area contributed by atoms with Crippen LogP contribution in [0, 0.1) is 0 Å². The summed E-state index contributed by atoms with van der Waals surface area (Å²) in [6.45, 7) is 4.07. The Morgan fingerprint density at radius 2 is 1.76 bits per heavy atom. The number of rotatable bonds is 6. The maximum Gasteiger partial charge on any atom is 0.573 e. The van der Waals surface area contributed by atoms with Gasteiger partial charge in [-0.1, -0.05) is 43.8 Å². The molecule has 5 rings (SSSR count). The molecule has 1 aliphatic rings. The first kappa shape index (κ1) is 27.9. The van der Waals surface area contributed by atoms with E-state index in [-0.39, 0.29) is 23.3 Å². The molecular formula is C28H23F3N6O3S. The largest absolute Gasteiger partial charge is 0.573 e. The summed E-state index contributed by atoms with van der Waals surface area (Å²) in [5.74, 6) is 0.266. The van der Waals surface area contributed by atoms with E-state index in [4.69, 9.17) is 0 Å². The normalized spacial score (nSPS) is 14.6. The second-order valence-electron chi connectivity index (χ2n) is 9.19. The summed E-state index contributed by atoms with van der Waals surface area (Å²) in [5.41, 5.74) is 3.32. The Labute approximate surface area is 237 Å². The highest BCUT2D eigenvalue weighted by atomic mass is 32.2. The van der Waals surface area contributed by atoms with Crippen LogP contribution in [-0.4, -0.2) is 44.0 Å². The van der Waals surface area contributed by atoms with Crippen LogP contribution in [0.15, 0.2) is 84.1 Å². The third kappa shape index (κ3) is 6.57. The van der Waals surface area contributed by atoms with Crippen molar-refractivity contribution in [2.24, 2.45) is 4.99 Å². The topological polar surface area (TPSA) is 102 Å². The molecule has 1 fully saturated rings. The molecule has 1 saturated heterocycles. The number of ether oxygens (including phenoxy) is 1. The first-order valence-electron chi connectivity index (χ1n) is 12.4. The van der Waals surface area contributed by atoms with E-state index >= 15 is 0 Å². The summed E-state index contributed by atoms with van der Waals surface area (Å²) in [7, 11) is 0. The van der Waals surface area contributed by atoms with Gasteiger partial charge in [0.2, 0.25) is 5.91 Å². The van der Waals surface area contributed by atoms with Gasteiger partial charge in [-0.3, -0.25) is 9.69 Å². The van der Waals surface area contributed by atoms with E-state index in [9.17, 15) is 22.8 Å². The molecule has 0 atom stereocenters. The molecular weight excluding hydrogens is 557 g/mol. The minimum atomic E-state index is -4.77. The second kappa shape index (κ2) is 11.5. The van der Waals surface area contributed by atoms with E-state index in [2.05, 4.69) is 25.1 Å². The van der Waals surface area contributed by atoms with E-state index in [0.29, 0.717) is 33.6 Å². The molecule has 3 aromatic carbocycles. The average molecular weight is 581 g/mol. The van der Waals surface area contributed by atoms with Crippen LogP contribution in [0.5, 0.6) is 5.75 Å². The van der Waals surface area contributed by atoms with Gasteiger partial charge in [0.1, 0.15) is 12.1 Å². The molecule has 210 valence electrons. The lowest BCUT2D eigenvalue weighted by Crippen LogP contribution is -2.31. The van der Waals surface area contributed by atoms with Gasteiger partial charge in [0, 0.05) is 11.3 Å². The van der Waals surface area contributed by atoms with Crippen LogP contribution in [0.4, 0.5) is 29.3 Å². The van der Waals surface area contributed by atoms with Crippen molar-refractivity contribution in [3.63, 3.8) is 0 Å². The van der Waals surface area contributed by atoms with Crippen molar-refractivity contribution in [2.45, 2.75) is 26.1 Å². The molecule has 0 radical (unpaired) electrons. The summed E-state index contributed by atoms with van der Waals surface area (Å²) in [4.78, 5) is 35.3. The highest BCUT2D eigenvalue weighted by Gasteiger charge is 2.32. The molecule has 9 nitrogen and oxygen atoms in total. The number of nitrogens with one attached hydrogen (secondary N) is 1. The van der Waals surface area contributed by atoms with Crippen molar-refractivity contribution in [1.29, 1.82) is 0 Å². The molecule has 1 N–H and O–H groups in total. The van der Waals surface area contributed by atoms with Gasteiger partial charge in [-0.05, 0) is 66.1 Å². The molecule has 0 saturated carbocycles. The number of hydrogen-bond donors (Lipinski definition) is 1. The number of nitrogens with zero attached hydrogens (tertiary/aromatic N) is 5. The molecule has 1 aromatic heterocycles. The molecule has 0 bridgehead atoms. The Bertz CT molecular complexity index is 1600. The van der Waals surface area contributed by atoms with Crippen LogP contribution in [0.25, 0.3) is 17.1 Å². The number of aromatic nitrogens is 3. The number of amidine groups is 1. The van der Waals surface area contributed by atoms with Gasteiger partial charge >= 0.3 is 12.4 Å². The van der Waals surface area contributed by atoms with Crippen molar-refractivity contribution in [3.05, 3.63) is 84.7 Å². The Kier molecular flexibility index (Phi) is 7.79. The third-order valence-corrected chi connectivity index (χ3v) is 6.91. The van der Waals surface area contributed by atoms with E-state index < -0.39 is 12.4 Å². The van der Waals surface area contributed by atoms with E-state index in [1.807, 2.05) is 38.1 Å². The summed E-state index contributed by atoms with van der Waals surface area (Å²) in [6.07, 6.45) is -3.33. The van der Waals surface area contributed by atoms with Crippen molar-refractivity contribution < 1.29 is 27.5 Å². The van der Waals surface area contributed by atoms with Crippen molar-refractivity contribution in [1.82, 2.24) is 14.8 Å². The molecule has 1 aliphatic heterocycles. The lowest BCUT2D eigenvalue weighted by Gasteiger charge is -2.21. The number of halogens is 3. The van der Waals surface area contributed by atoms with Gasteiger partial charge < -0.3 is 10.1 Å². The fourth-order valence-electron chi connectivity index (χ4n) is 4.12. The third-order valence-electron chi connectivity index (χ3n) is 5.98. The number of hydrogen-bond acceptors (Lipinski definition) is 6. The molecule has 13 heteroatoms. The van der Waals surface area contributed by atoms with Crippen LogP contribution >= 0.6 is 11.8 Å². The predicted octanol–water partition coefficient (Wildman–Crippen LogP) is 6.62. The lowest BCUT2D eigenvalue weighted by atomic mass is 10.0. The highest BCUT2D eigenvalue weighted by Crippen LogP contribution is 2.33. The van der Waals surface area contributed by atoms with Crippen LogP contribution in [-0.2, 0) is 4.79 Å². The van der Waals surface area contributed by atoms with Gasteiger partial charge in [-0.2, -0.15) is 4.99 Å². The molecule has 0 aliphatic carbocycles. The molecule has 0 spiro atoms. The minimum absolute atomic E-state index is 0.142. The predicted molar refractivity (Wildman–Crippen MR) is 150 cm³/mol. The Hall–Kier alpha value is -4.65. The smallest absolute Gasteiger partial charge is 0.406 e. The fourth-order valence-corrected chi connectivity index (χ4v) is 4.98. The first-order chi connectivity index (χ1) is 19.6. The molecule has 3 amide bonds. The molecule has 0 unspecified atom stereocenters. The summed E-state index contributed by atoms with van der Waals surface area (Å²) >= 11 is 1.21. The second-order valence-corrected chi connectivity index (χ2v) is 10.1. The zero-order valence-electron chi connectivity index (χ0n) is 21.8. The number of carbonyl (C=O) groups is 2. The number of urea groups is 1. The lowest BCUT2D eigenvalue weighted by molar-refractivity contribution is -0.274. The van der Waals surface area contributed by atoms with Gasteiger partial charge in [-0.15, -0.1) is 18.3 Å². The average Bonchev–Trinajstić information content (AvgIpc) is 3.56. The number of alkyl halides is 3. The Morgan fingerprint density at radius 3 is 2.44 bits per heavy atom. The van der Waals surface area contributed by atoms with Crippen molar-refractivity contribution >= 4 is 40.2 Å². The van der Waals surface area contributed by atoms with Crippen LogP contribution in [0.3, 0.4) is 0 Å². The van der Waals surface area contributed by atoms with Crippen LogP contribution < -0.4 is 15.0 Å². The van der Waals surface area contributed by atoms with Gasteiger partial charge in [0.05, 0.1) is 17.1 Å². The van der Waals surface area contributed by atoms with Gasteiger partial charge in [0.25, 0.3) is 0 Å². The number of aliphatic imine (C=N–C) groups is 1. The Balaban J connectivity index is 1.26. The number of amides is 3. The number of anilines is 2. The van der Waals surface area contributed by atoms with Gasteiger partial charge in [0.15, 0.2) is 11.0 Å². The number of carbonyl (C=O) groups excluding carboxylic acids is 2. The maximum absolute atomic E-state index is 12.7. The summed E-state index contributed by atoms with van der Waals surface area (Å²) < 4.78 is 42.4. The zero-order chi connectivity index (χ0) is 29.1. The molecule has 2 heterocycles. The minimum Gasteiger partial charge on any atom is -0.406 e. The quantitative estimate of drug-likeness (QED) is 0.275. The highest BCUT2D eigenvalue weighted by molar-refractivity contribution is 8.15. The van der Waals surface area contributed by atoms with Crippen molar-refractivity contribution in [2.75, 3.05) is 16.0 Å². The van der Waals surface area contributed by atoms with E-state index in [1.54, 1.807) is 24.3 Å². The summed E-state index contributed by atoms with van der Waals surface area (Å²) in [6, 6.07) is 18.9. The monoisotopic (exact) mass is 580 g/mol. The van der Waals surface area contributed by atoms with E-state index in [1.165, 1.54) is 51.9 Å². The molecule has 4 aromatic rings. The van der Waals surface area contributed by atoms with Gasteiger partial charge in [-0.25, -0.2) is 14.5 Å². The molecule has 41 heavy (non-hydrogen) atoms. The number of benzene rings is 3. The number of thioether (sulfide) groups is 1. The van der Waals surface area contributed by atoms with Crippen molar-refractivity contribution in [3.8, 4) is 22.8 Å². The summed E-state index contributed by atoms with van der Waals surface area (Å²) in [5, 5.41) is 7.39. The van der Waals surface area contributed by atoms with Crippen LogP contribution in [0.1, 0.15) is 25.3 Å². The SMILES string of the molecule is CC(C)c1ccccc1N1C(=O)CS/C1=N\C(=O)Nc1ccc(-c2ncn(-c3ccc(OC(F)(F)F)cc3)n2)cc1. The van der Waals surface area contributed by atoms with Crippen LogP contribution in [0.2, 0.25) is 0 Å². The van der Waals surface area contributed by atoms with E-state index in [0.717, 1.165) is 5.56 Å². The zero-order valence-corrected chi connectivity index (χ0v) is 22.6. The number of para-hydroxylation sites is 1.